The summed E-state index contributed by atoms with van der Waals surface area (Å²) in [4.78, 5) is 15.3. The molecule has 0 atom stereocenters. The summed E-state index contributed by atoms with van der Waals surface area (Å²) in [5, 5.41) is 0.0152. The van der Waals surface area contributed by atoms with E-state index in [-0.39, 0.29) is 15.7 Å². The maximum Gasteiger partial charge on any atom is 0.273 e. The van der Waals surface area contributed by atoms with Crippen LogP contribution in [0, 0.1) is 0 Å². The predicted octanol–water partition coefficient (Wildman–Crippen LogP) is 2.52. The second kappa shape index (κ2) is 4.62. The van der Waals surface area contributed by atoms with Gasteiger partial charge in [-0.05, 0) is 13.8 Å². The molecule has 1 aromatic rings. The van der Waals surface area contributed by atoms with Crippen molar-refractivity contribution < 1.29 is 0 Å². The Bertz CT molecular complexity index is 419. The third-order valence-corrected chi connectivity index (χ3v) is 2.36. The SMILES string of the molecule is CC(C)=CCn1cnc(Cl)c(Cl)c1=O. The van der Waals surface area contributed by atoms with E-state index < -0.39 is 0 Å². The molecule has 14 heavy (non-hydrogen) atoms. The Kier molecular flexibility index (Phi) is 3.72. The average Bonchev–Trinajstić information content (AvgIpc) is 2.13. The van der Waals surface area contributed by atoms with Crippen LogP contribution in [0.3, 0.4) is 0 Å². The van der Waals surface area contributed by atoms with Crippen molar-refractivity contribution in [1.29, 1.82) is 0 Å². The Morgan fingerprint density at radius 1 is 1.57 bits per heavy atom. The summed E-state index contributed by atoms with van der Waals surface area (Å²) in [6.45, 7) is 4.37. The molecule has 0 aliphatic carbocycles. The fourth-order valence-electron chi connectivity index (χ4n) is 0.855. The molecule has 1 heterocycles. The number of allylic oxidation sites excluding steroid dienone is 2. The first-order valence-electron chi connectivity index (χ1n) is 4.06. The van der Waals surface area contributed by atoms with Gasteiger partial charge in [0.2, 0.25) is 0 Å². The molecule has 1 aromatic heterocycles. The topological polar surface area (TPSA) is 34.9 Å². The zero-order valence-electron chi connectivity index (χ0n) is 7.92. The van der Waals surface area contributed by atoms with Crippen LogP contribution in [-0.4, -0.2) is 9.55 Å². The van der Waals surface area contributed by atoms with Crippen LogP contribution in [0.4, 0.5) is 0 Å². The van der Waals surface area contributed by atoms with Crippen molar-refractivity contribution in [1.82, 2.24) is 9.55 Å². The minimum absolute atomic E-state index is 0.0312. The molecule has 0 unspecified atom stereocenters. The monoisotopic (exact) mass is 232 g/mol. The molecule has 0 amide bonds. The largest absolute Gasteiger partial charge is 0.294 e. The van der Waals surface area contributed by atoms with Crippen LogP contribution < -0.4 is 5.56 Å². The zero-order valence-corrected chi connectivity index (χ0v) is 9.43. The Labute approximate surface area is 92.0 Å². The Morgan fingerprint density at radius 2 is 2.21 bits per heavy atom. The zero-order chi connectivity index (χ0) is 10.7. The Morgan fingerprint density at radius 3 is 2.79 bits per heavy atom. The molecule has 0 fully saturated rings. The van der Waals surface area contributed by atoms with Crippen molar-refractivity contribution in [2.24, 2.45) is 0 Å². The summed E-state index contributed by atoms with van der Waals surface area (Å²) in [5.74, 6) is 0. The first kappa shape index (κ1) is 11.3. The molecule has 0 aromatic carbocycles. The molecule has 0 radical (unpaired) electrons. The fraction of sp³-hybridized carbons (Fsp3) is 0.333. The summed E-state index contributed by atoms with van der Waals surface area (Å²) in [7, 11) is 0. The minimum atomic E-state index is -0.316. The van der Waals surface area contributed by atoms with Crippen LogP contribution in [0.5, 0.6) is 0 Å². The van der Waals surface area contributed by atoms with E-state index in [9.17, 15) is 4.79 Å². The number of hydrogen-bond acceptors (Lipinski definition) is 2. The quantitative estimate of drug-likeness (QED) is 0.581. The number of aromatic nitrogens is 2. The third-order valence-electron chi connectivity index (χ3n) is 1.64. The van der Waals surface area contributed by atoms with Crippen molar-refractivity contribution in [2.75, 3.05) is 0 Å². The van der Waals surface area contributed by atoms with Crippen molar-refractivity contribution in [3.05, 3.63) is 38.5 Å². The van der Waals surface area contributed by atoms with E-state index in [0.717, 1.165) is 5.57 Å². The van der Waals surface area contributed by atoms with Crippen LogP contribution in [-0.2, 0) is 6.54 Å². The minimum Gasteiger partial charge on any atom is -0.294 e. The molecular weight excluding hydrogens is 223 g/mol. The summed E-state index contributed by atoms with van der Waals surface area (Å²) in [5.41, 5.74) is 0.812. The highest BCUT2D eigenvalue weighted by Crippen LogP contribution is 2.12. The highest BCUT2D eigenvalue weighted by Gasteiger charge is 2.05. The van der Waals surface area contributed by atoms with Gasteiger partial charge in [-0.3, -0.25) is 9.36 Å². The van der Waals surface area contributed by atoms with Gasteiger partial charge in [-0.15, -0.1) is 0 Å². The van der Waals surface area contributed by atoms with E-state index in [0.29, 0.717) is 6.54 Å². The van der Waals surface area contributed by atoms with Gasteiger partial charge in [-0.25, -0.2) is 4.98 Å². The maximum absolute atomic E-state index is 11.5. The van der Waals surface area contributed by atoms with Crippen molar-refractivity contribution in [3.63, 3.8) is 0 Å². The molecule has 0 saturated carbocycles. The van der Waals surface area contributed by atoms with Gasteiger partial charge >= 0.3 is 0 Å². The van der Waals surface area contributed by atoms with E-state index in [2.05, 4.69) is 4.98 Å². The smallest absolute Gasteiger partial charge is 0.273 e. The first-order chi connectivity index (χ1) is 6.52. The van der Waals surface area contributed by atoms with Gasteiger partial charge in [0.1, 0.15) is 5.02 Å². The van der Waals surface area contributed by atoms with Gasteiger partial charge in [0.25, 0.3) is 5.56 Å². The van der Waals surface area contributed by atoms with E-state index >= 15 is 0 Å². The van der Waals surface area contributed by atoms with Crippen LogP contribution >= 0.6 is 23.2 Å². The standard InChI is InChI=1S/C9H10Cl2N2O/c1-6(2)3-4-13-5-12-8(11)7(10)9(13)14/h3,5H,4H2,1-2H3. The third kappa shape index (κ3) is 2.59. The van der Waals surface area contributed by atoms with E-state index in [4.69, 9.17) is 23.2 Å². The van der Waals surface area contributed by atoms with Crippen LogP contribution in [0.25, 0.3) is 0 Å². The maximum atomic E-state index is 11.5. The van der Waals surface area contributed by atoms with E-state index in [1.807, 2.05) is 19.9 Å². The Balaban J connectivity index is 3.07. The highest BCUT2D eigenvalue weighted by atomic mass is 35.5. The molecule has 0 aliphatic rings. The molecule has 5 heteroatoms. The van der Waals surface area contributed by atoms with Gasteiger partial charge in [-0.2, -0.15) is 0 Å². The lowest BCUT2D eigenvalue weighted by Crippen LogP contribution is -2.20. The molecule has 0 N–H and O–H groups in total. The van der Waals surface area contributed by atoms with Gasteiger partial charge in [0, 0.05) is 6.54 Å². The molecule has 76 valence electrons. The number of hydrogen-bond donors (Lipinski definition) is 0. The molecular formula is C9H10Cl2N2O. The number of nitrogens with zero attached hydrogens (tertiary/aromatic N) is 2. The van der Waals surface area contributed by atoms with Crippen molar-refractivity contribution in [2.45, 2.75) is 20.4 Å². The molecule has 0 bridgehead atoms. The lowest BCUT2D eigenvalue weighted by Gasteiger charge is -2.02. The second-order valence-electron chi connectivity index (χ2n) is 3.09. The Hall–Kier alpha value is -0.800. The van der Waals surface area contributed by atoms with E-state index in [1.54, 1.807) is 0 Å². The summed E-state index contributed by atoms with van der Waals surface area (Å²) in [6, 6.07) is 0. The molecule has 0 spiro atoms. The normalized spacial score (nSPS) is 10.0. The number of rotatable bonds is 2. The molecule has 3 nitrogen and oxygen atoms in total. The fourth-order valence-corrected chi connectivity index (χ4v) is 1.14. The predicted molar refractivity (Wildman–Crippen MR) is 57.9 cm³/mol. The van der Waals surface area contributed by atoms with Gasteiger partial charge in [0.05, 0.1) is 6.33 Å². The van der Waals surface area contributed by atoms with Gasteiger partial charge < -0.3 is 0 Å². The van der Waals surface area contributed by atoms with Crippen molar-refractivity contribution >= 4 is 23.2 Å². The van der Waals surface area contributed by atoms with Crippen LogP contribution in [0.2, 0.25) is 10.2 Å². The average molecular weight is 233 g/mol. The van der Waals surface area contributed by atoms with Crippen molar-refractivity contribution in [3.8, 4) is 0 Å². The second-order valence-corrected chi connectivity index (χ2v) is 3.82. The molecule has 0 aliphatic heterocycles. The van der Waals surface area contributed by atoms with Gasteiger partial charge in [0.15, 0.2) is 5.15 Å². The lowest BCUT2D eigenvalue weighted by atomic mass is 10.3. The summed E-state index contributed by atoms with van der Waals surface area (Å²) < 4.78 is 1.40. The molecule has 1 rings (SSSR count). The van der Waals surface area contributed by atoms with E-state index in [1.165, 1.54) is 10.9 Å². The number of halogens is 2. The van der Waals surface area contributed by atoms with Crippen LogP contribution in [0.1, 0.15) is 13.8 Å². The summed E-state index contributed by atoms with van der Waals surface area (Å²) in [6.07, 6.45) is 3.29. The summed E-state index contributed by atoms with van der Waals surface area (Å²) >= 11 is 11.2. The van der Waals surface area contributed by atoms with Gasteiger partial charge in [-0.1, -0.05) is 34.9 Å². The lowest BCUT2D eigenvalue weighted by molar-refractivity contribution is 0.750. The highest BCUT2D eigenvalue weighted by molar-refractivity contribution is 6.40. The molecule has 0 saturated heterocycles. The first-order valence-corrected chi connectivity index (χ1v) is 4.81. The van der Waals surface area contributed by atoms with Crippen LogP contribution in [0.15, 0.2) is 22.8 Å².